The van der Waals surface area contributed by atoms with Crippen molar-refractivity contribution in [3.05, 3.63) is 0 Å². The van der Waals surface area contributed by atoms with Crippen LogP contribution in [0, 0.1) is 0 Å². The van der Waals surface area contributed by atoms with Crippen LogP contribution < -0.4 is 16.0 Å². The number of Topliss-reactive ketones (excluding diaryl/α,β-unsaturated/α-hetero) is 2. The van der Waals surface area contributed by atoms with Gasteiger partial charge in [-0.2, -0.15) is 20.2 Å². The van der Waals surface area contributed by atoms with Gasteiger partial charge >= 0.3 is 12.0 Å². The first kappa shape index (κ1) is 27.4. The number of hydrogen-bond donors (Lipinski definition) is 4. The summed E-state index contributed by atoms with van der Waals surface area (Å²) in [6.07, 6.45) is 2.17. The van der Waals surface area contributed by atoms with Crippen LogP contribution in [0.15, 0.2) is 0 Å². The molecule has 0 aromatic carbocycles. The lowest BCUT2D eigenvalue weighted by molar-refractivity contribution is -0.157. The van der Waals surface area contributed by atoms with Gasteiger partial charge in [0.05, 0.1) is 12.1 Å². The Balaban J connectivity index is 1.19. The highest BCUT2D eigenvalue weighted by Gasteiger charge is 2.49. The molecule has 2 heterocycles. The van der Waals surface area contributed by atoms with Crippen LogP contribution in [-0.4, -0.2) is 83.4 Å². The first-order valence-electron chi connectivity index (χ1n) is 11.7. The van der Waals surface area contributed by atoms with Crippen LogP contribution in [-0.2, 0) is 34.0 Å². The van der Waals surface area contributed by atoms with Crippen LogP contribution in [0.2, 0.25) is 0 Å². The fourth-order valence-electron chi connectivity index (χ4n) is 4.45. The minimum atomic E-state index is -4.72. The minimum Gasteiger partial charge on any atom is -0.446 e. The number of unbranched alkanes of at least 4 members (excludes halogenated alkanes) is 3. The zero-order chi connectivity index (χ0) is 25.6. The summed E-state index contributed by atoms with van der Waals surface area (Å²) in [4.78, 5) is 58.9. The van der Waals surface area contributed by atoms with Crippen molar-refractivity contribution in [2.24, 2.45) is 0 Å². The van der Waals surface area contributed by atoms with Gasteiger partial charge in [-0.25, -0.2) is 4.79 Å². The number of carbonyl (C=O) groups is 5. The van der Waals surface area contributed by atoms with Gasteiger partial charge in [0.2, 0.25) is 17.8 Å². The number of fused-ring (bicyclic) bond motifs is 1. The Bertz CT molecular complexity index is 956. The highest BCUT2D eigenvalue weighted by atomic mass is 32.2. The topological polar surface area (TPSA) is 185 Å². The van der Waals surface area contributed by atoms with Crippen LogP contribution in [0.5, 0.6) is 0 Å². The molecule has 1 saturated carbocycles. The number of urea groups is 1. The van der Waals surface area contributed by atoms with Gasteiger partial charge in [0.1, 0.15) is 0 Å². The van der Waals surface area contributed by atoms with E-state index in [9.17, 15) is 32.4 Å². The minimum absolute atomic E-state index is 0.0381. The summed E-state index contributed by atoms with van der Waals surface area (Å²) < 4.78 is 36.0. The van der Waals surface area contributed by atoms with Gasteiger partial charge in [0.15, 0.2) is 11.0 Å². The molecule has 35 heavy (non-hydrogen) atoms. The standard InChI is InChI=1S/C21H31N3O9S2/c25-13-10-15(35(30,31)32)19(28)20(13)33-17(27)8-2-1-5-9-22-16(26)7-4-3-6-14-18-12(11-34-14)23-21(29)24-18/h12,14-15,18,20H,1-11H2,(H,22,26)(H2,23,24,29)(H,30,31,32). The molecule has 0 aromatic heterocycles. The fraction of sp³-hybridized carbons (Fsp3) is 0.762. The monoisotopic (exact) mass is 533 g/mol. The van der Waals surface area contributed by atoms with Crippen molar-refractivity contribution >= 4 is 51.4 Å². The zero-order valence-corrected chi connectivity index (χ0v) is 20.8. The first-order valence-corrected chi connectivity index (χ1v) is 14.3. The number of carbonyl (C=O) groups excluding carboxylic acids is 5. The van der Waals surface area contributed by atoms with Crippen molar-refractivity contribution in [2.75, 3.05) is 12.3 Å². The third kappa shape index (κ3) is 7.64. The Kier molecular flexibility index (Phi) is 9.53. The van der Waals surface area contributed by atoms with Gasteiger partial charge in [-0.05, 0) is 25.7 Å². The zero-order valence-electron chi connectivity index (χ0n) is 19.2. The van der Waals surface area contributed by atoms with Crippen LogP contribution in [0.4, 0.5) is 4.79 Å². The van der Waals surface area contributed by atoms with Gasteiger partial charge in [-0.1, -0.05) is 12.8 Å². The first-order chi connectivity index (χ1) is 16.6. The molecule has 3 aliphatic rings. The molecule has 0 spiro atoms. The number of nitrogens with one attached hydrogen (secondary N) is 3. The SMILES string of the molecule is O=C(CCCCC1SCC2NC(=O)NC21)NCCCCCC(=O)OC1C(=O)CC(S(=O)(=O)O)C1=O. The molecule has 14 heteroatoms. The van der Waals surface area contributed by atoms with E-state index < -0.39 is 45.4 Å². The van der Waals surface area contributed by atoms with E-state index in [1.54, 1.807) is 0 Å². The van der Waals surface area contributed by atoms with Crippen LogP contribution in [0.25, 0.3) is 0 Å². The fourth-order valence-corrected chi connectivity index (χ4v) is 6.78. The van der Waals surface area contributed by atoms with Crippen LogP contribution >= 0.6 is 11.8 Å². The highest BCUT2D eigenvalue weighted by molar-refractivity contribution is 8.00. The van der Waals surface area contributed by atoms with Crippen molar-refractivity contribution in [1.29, 1.82) is 0 Å². The average molecular weight is 534 g/mol. The molecular formula is C21H31N3O9S2. The van der Waals surface area contributed by atoms with Crippen molar-refractivity contribution in [1.82, 2.24) is 16.0 Å². The summed E-state index contributed by atoms with van der Waals surface area (Å²) >= 11 is 1.85. The summed E-state index contributed by atoms with van der Waals surface area (Å²) in [7, 11) is -4.72. The van der Waals surface area contributed by atoms with Crippen molar-refractivity contribution in [3.63, 3.8) is 0 Å². The van der Waals surface area contributed by atoms with Gasteiger partial charge in [0, 0.05) is 36.8 Å². The predicted molar refractivity (Wildman–Crippen MR) is 125 cm³/mol. The second-order valence-corrected chi connectivity index (χ2v) is 11.8. The van der Waals surface area contributed by atoms with Gasteiger partial charge in [-0.3, -0.25) is 23.7 Å². The van der Waals surface area contributed by atoms with Crippen molar-refractivity contribution in [3.8, 4) is 0 Å². The Hall–Kier alpha value is -2.19. The molecule has 3 amide bonds. The van der Waals surface area contributed by atoms with Crippen LogP contribution in [0.1, 0.15) is 57.8 Å². The number of amides is 3. The molecular weight excluding hydrogens is 502 g/mol. The third-order valence-electron chi connectivity index (χ3n) is 6.32. The molecule has 0 aromatic rings. The number of ether oxygens (including phenoxy) is 1. The maximum Gasteiger partial charge on any atom is 0.315 e. The van der Waals surface area contributed by atoms with E-state index in [0.717, 1.165) is 25.0 Å². The Labute approximate surface area is 207 Å². The second kappa shape index (κ2) is 12.2. The summed E-state index contributed by atoms with van der Waals surface area (Å²) in [5, 5.41) is 7.20. The maximum atomic E-state index is 12.0. The summed E-state index contributed by atoms with van der Waals surface area (Å²) in [5.41, 5.74) is 0. The number of thioether (sulfide) groups is 1. The van der Waals surface area contributed by atoms with Gasteiger partial charge < -0.3 is 20.7 Å². The molecule has 5 atom stereocenters. The predicted octanol–water partition coefficient (Wildman–Crippen LogP) is 0.0989. The molecule has 0 bridgehead atoms. The third-order valence-corrected chi connectivity index (χ3v) is 8.95. The molecule has 2 aliphatic heterocycles. The summed E-state index contributed by atoms with van der Waals surface area (Å²) in [5.74, 6) is -1.89. The van der Waals surface area contributed by atoms with E-state index in [0.29, 0.717) is 37.5 Å². The maximum absolute atomic E-state index is 12.0. The number of ketones is 2. The Morgan fingerprint density at radius 2 is 1.80 bits per heavy atom. The molecule has 1 aliphatic carbocycles. The number of hydrogen-bond acceptors (Lipinski definition) is 9. The van der Waals surface area contributed by atoms with Gasteiger partial charge in [0.25, 0.3) is 10.1 Å². The van der Waals surface area contributed by atoms with E-state index in [-0.39, 0.29) is 30.4 Å². The lowest BCUT2D eigenvalue weighted by Crippen LogP contribution is -2.36. The lowest BCUT2D eigenvalue weighted by atomic mass is 10.0. The summed E-state index contributed by atoms with van der Waals surface area (Å²) in [6, 6.07) is 0.272. The van der Waals surface area contributed by atoms with E-state index in [1.165, 1.54) is 0 Å². The van der Waals surface area contributed by atoms with E-state index >= 15 is 0 Å². The molecule has 5 unspecified atom stereocenters. The Morgan fingerprint density at radius 3 is 2.51 bits per heavy atom. The van der Waals surface area contributed by atoms with E-state index in [4.69, 9.17) is 9.29 Å². The normalized spacial score (nSPS) is 27.9. The number of rotatable bonds is 13. The largest absolute Gasteiger partial charge is 0.446 e. The molecule has 196 valence electrons. The highest BCUT2D eigenvalue weighted by Crippen LogP contribution is 2.33. The van der Waals surface area contributed by atoms with Crippen molar-refractivity contribution in [2.45, 2.75) is 86.5 Å². The molecule has 12 nitrogen and oxygen atoms in total. The van der Waals surface area contributed by atoms with Crippen molar-refractivity contribution < 1.29 is 41.7 Å². The Morgan fingerprint density at radius 1 is 1.06 bits per heavy atom. The van der Waals surface area contributed by atoms with Gasteiger partial charge in [-0.15, -0.1) is 0 Å². The summed E-state index contributed by atoms with van der Waals surface area (Å²) in [6.45, 7) is 0.462. The smallest absolute Gasteiger partial charge is 0.315 e. The van der Waals surface area contributed by atoms with Crippen LogP contribution in [0.3, 0.4) is 0 Å². The molecule has 4 N–H and O–H groups in total. The number of esters is 1. The molecule has 2 saturated heterocycles. The quantitative estimate of drug-likeness (QED) is 0.0832. The van der Waals surface area contributed by atoms with E-state index in [1.807, 2.05) is 11.8 Å². The average Bonchev–Trinajstić information content (AvgIpc) is 3.41. The molecule has 3 fully saturated rings. The second-order valence-electron chi connectivity index (χ2n) is 8.97. The molecule has 0 radical (unpaired) electrons. The molecule has 3 rings (SSSR count). The van der Waals surface area contributed by atoms with E-state index in [2.05, 4.69) is 16.0 Å². The lowest BCUT2D eigenvalue weighted by Gasteiger charge is -2.16.